The van der Waals surface area contributed by atoms with Crippen molar-refractivity contribution in [2.45, 2.75) is 30.8 Å². The number of nitrogens with one attached hydrogen (secondary N) is 1. The molecule has 0 amide bonds. The van der Waals surface area contributed by atoms with Gasteiger partial charge >= 0.3 is 4.45 Å². The number of rotatable bonds is 3. The summed E-state index contributed by atoms with van der Waals surface area (Å²) < 4.78 is -1.83. The van der Waals surface area contributed by atoms with Crippen molar-refractivity contribution < 1.29 is 14.5 Å². The molecular formula is C18H22BrCl4N3O4. The second-order valence-corrected chi connectivity index (χ2v) is 8.98. The van der Waals surface area contributed by atoms with Gasteiger partial charge in [-0.2, -0.15) is 0 Å². The molecule has 2 unspecified atom stereocenters. The van der Waals surface area contributed by atoms with Crippen molar-refractivity contribution in [3.8, 4) is 0 Å². The Morgan fingerprint density at radius 1 is 1.23 bits per heavy atom. The molecule has 1 aromatic carbocycles. The van der Waals surface area contributed by atoms with E-state index in [0.717, 1.165) is 0 Å². The van der Waals surface area contributed by atoms with Crippen LogP contribution in [0.4, 0.5) is 0 Å². The zero-order valence-corrected chi connectivity index (χ0v) is 20.9. The molecule has 1 aromatic rings. The quantitative estimate of drug-likeness (QED) is 0.131. The average Bonchev–Trinajstić information content (AvgIpc) is 2.64. The van der Waals surface area contributed by atoms with Crippen LogP contribution in [0.5, 0.6) is 0 Å². The molecule has 168 valence electrons. The summed E-state index contributed by atoms with van der Waals surface area (Å²) in [5.41, 5.74) is 3.21. The molecular weight excluding hydrogens is 544 g/mol. The van der Waals surface area contributed by atoms with Crippen LogP contribution in [-0.2, 0) is 4.79 Å². The third-order valence-corrected chi connectivity index (χ3v) is 5.54. The lowest BCUT2D eigenvalue weighted by molar-refractivity contribution is -0.527. The van der Waals surface area contributed by atoms with E-state index in [1.54, 1.807) is 24.3 Å². The predicted octanol–water partition coefficient (Wildman–Crippen LogP) is 5.16. The number of nitro groups is 1. The van der Waals surface area contributed by atoms with E-state index in [2.05, 4.69) is 21.4 Å². The molecule has 0 fully saturated rings. The van der Waals surface area contributed by atoms with Gasteiger partial charge < -0.3 is 0 Å². The first-order valence-corrected chi connectivity index (χ1v) is 10.00. The van der Waals surface area contributed by atoms with Crippen LogP contribution in [0.25, 0.3) is 0 Å². The molecule has 1 aliphatic carbocycles. The van der Waals surface area contributed by atoms with Crippen LogP contribution in [0.2, 0.25) is 0 Å². The number of hydrazine groups is 1. The van der Waals surface area contributed by atoms with Gasteiger partial charge in [0.2, 0.25) is 5.24 Å². The molecule has 1 aliphatic rings. The zero-order valence-electron chi connectivity index (χ0n) is 16.3. The van der Waals surface area contributed by atoms with E-state index < -0.39 is 25.8 Å². The number of halogens is 5. The summed E-state index contributed by atoms with van der Waals surface area (Å²) in [5.74, 6) is 3.96. The number of allylic oxidation sites excluding steroid dienone is 2. The van der Waals surface area contributed by atoms with Crippen molar-refractivity contribution in [1.29, 1.82) is 0 Å². The lowest BCUT2D eigenvalue weighted by Crippen LogP contribution is -2.43. The number of hydrogen-bond acceptors (Lipinski definition) is 6. The third-order valence-electron chi connectivity index (χ3n) is 3.24. The van der Waals surface area contributed by atoms with Crippen LogP contribution in [-0.4, -0.2) is 25.4 Å². The summed E-state index contributed by atoms with van der Waals surface area (Å²) in [5, 5.41) is 9.47. The van der Waals surface area contributed by atoms with Crippen molar-refractivity contribution >= 4 is 73.6 Å². The van der Waals surface area contributed by atoms with Crippen molar-refractivity contribution in [2.75, 3.05) is 0 Å². The summed E-state index contributed by atoms with van der Waals surface area (Å²) in [6.45, 7) is 6.02. The third kappa shape index (κ3) is 10.3. The van der Waals surface area contributed by atoms with Crippen LogP contribution in [0.1, 0.15) is 31.1 Å². The largest absolute Gasteiger partial charge is 0.324 e. The molecule has 0 heterocycles. The molecule has 0 aliphatic heterocycles. The fourth-order valence-electron chi connectivity index (χ4n) is 1.64. The van der Waals surface area contributed by atoms with E-state index >= 15 is 0 Å². The van der Waals surface area contributed by atoms with Crippen LogP contribution in [0, 0.1) is 16.0 Å². The topological polar surface area (TPSA) is 115 Å². The molecule has 12 heteroatoms. The number of carbonyl (C=O) groups is 2. The monoisotopic (exact) mass is 563 g/mol. The first kappa shape index (κ1) is 31.2. The molecule has 3 N–H and O–H groups in total. The molecule has 2 rings (SSSR count). The van der Waals surface area contributed by atoms with Crippen molar-refractivity contribution in [3.05, 3.63) is 69.3 Å². The number of benzene rings is 1. The maximum absolute atomic E-state index is 11.0. The van der Waals surface area contributed by atoms with Gasteiger partial charge in [0.15, 0.2) is 0 Å². The van der Waals surface area contributed by atoms with Gasteiger partial charge in [0.05, 0.1) is 0 Å². The Morgan fingerprint density at radius 3 is 1.97 bits per heavy atom. The lowest BCUT2D eigenvalue weighted by Gasteiger charge is -2.24. The second kappa shape index (κ2) is 14.1. The average molecular weight is 566 g/mol. The molecule has 2 atom stereocenters. The van der Waals surface area contributed by atoms with Crippen LogP contribution < -0.4 is 11.3 Å². The van der Waals surface area contributed by atoms with Gasteiger partial charge in [-0.25, -0.2) is 0 Å². The Morgan fingerprint density at radius 2 is 1.70 bits per heavy atom. The fraction of sp³-hybridized carbons (Fsp3) is 0.333. The predicted molar refractivity (Wildman–Crippen MR) is 127 cm³/mol. The molecule has 0 radical (unpaired) electrons. The summed E-state index contributed by atoms with van der Waals surface area (Å²) in [6.07, 6.45) is 4.13. The first-order chi connectivity index (χ1) is 13.3. The number of nitrogens with two attached hydrogens (primary N) is 1. The van der Waals surface area contributed by atoms with Crippen molar-refractivity contribution in [1.82, 2.24) is 5.43 Å². The minimum absolute atomic E-state index is 0. The van der Waals surface area contributed by atoms with Gasteiger partial charge in [0.25, 0.3) is 5.24 Å². The molecule has 7 nitrogen and oxygen atoms in total. The van der Waals surface area contributed by atoms with Gasteiger partial charge in [-0.05, 0) is 50.0 Å². The number of carbonyl (C=O) groups excluding carboxylic acids is 2. The van der Waals surface area contributed by atoms with Gasteiger partial charge in [0.1, 0.15) is 11.0 Å². The lowest BCUT2D eigenvalue weighted by atomic mass is 9.96. The Hall–Kier alpha value is -1.00. The minimum atomic E-state index is -1.83. The highest BCUT2D eigenvalue weighted by Gasteiger charge is 2.54. The van der Waals surface area contributed by atoms with E-state index in [1.807, 2.05) is 26.8 Å². The van der Waals surface area contributed by atoms with Crippen LogP contribution in [0.3, 0.4) is 0 Å². The van der Waals surface area contributed by atoms with E-state index in [4.69, 9.17) is 40.6 Å². The summed E-state index contributed by atoms with van der Waals surface area (Å²) in [7, 11) is 0. The molecule has 30 heavy (non-hydrogen) atoms. The van der Waals surface area contributed by atoms with Gasteiger partial charge in [-0.3, -0.25) is 31.0 Å². The second-order valence-electron chi connectivity index (χ2n) is 6.65. The molecule has 0 saturated heterocycles. The standard InChI is InChI=1S/C7H4BrCl2NO3.C7H5ClO.C4H12N2.ClH/c8-7(11(13)14)4(6(10)12)2-1-3-5(7)9;8-7(9)6-4-2-1-3-5-6;1-4(2,3)6-5;/h1-4H;1-5H;6H,5H2,1-3H3;1H. The summed E-state index contributed by atoms with van der Waals surface area (Å²) in [4.78, 5) is 31.5. The number of hydrogen-bond donors (Lipinski definition) is 2. The Balaban J connectivity index is 0. The Labute approximate surface area is 204 Å². The zero-order chi connectivity index (χ0) is 22.8. The first-order valence-electron chi connectivity index (χ1n) is 8.07. The van der Waals surface area contributed by atoms with E-state index in [-0.39, 0.29) is 23.0 Å². The van der Waals surface area contributed by atoms with E-state index in [1.165, 1.54) is 18.2 Å². The van der Waals surface area contributed by atoms with Crippen molar-refractivity contribution in [2.24, 2.45) is 11.8 Å². The smallest absolute Gasteiger partial charge is 0.280 e. The summed E-state index contributed by atoms with van der Waals surface area (Å²) >= 11 is 18.9. The Kier molecular flexibility index (Phi) is 14.7. The van der Waals surface area contributed by atoms with Gasteiger partial charge in [-0.15, -0.1) is 12.4 Å². The minimum Gasteiger partial charge on any atom is -0.280 e. The normalized spacial score (nSPS) is 19.6. The molecule has 0 aromatic heterocycles. The highest BCUT2D eigenvalue weighted by Crippen LogP contribution is 2.42. The molecule has 0 spiro atoms. The fourth-order valence-corrected chi connectivity index (χ4v) is 2.88. The maximum atomic E-state index is 11.0. The molecule has 0 bridgehead atoms. The van der Waals surface area contributed by atoms with Gasteiger partial charge in [-0.1, -0.05) is 54.1 Å². The van der Waals surface area contributed by atoms with Gasteiger partial charge in [0, 0.05) is 32.0 Å². The summed E-state index contributed by atoms with van der Waals surface area (Å²) in [6, 6.07) is 8.74. The van der Waals surface area contributed by atoms with E-state index in [9.17, 15) is 19.7 Å². The van der Waals surface area contributed by atoms with E-state index in [0.29, 0.717) is 5.56 Å². The molecule has 0 saturated carbocycles. The number of alkyl halides is 1. The SMILES string of the molecule is CC(C)(C)NN.Cl.O=C(Cl)C1C=CC=C(Cl)C1(Br)[N+](=O)[O-].O=C(Cl)c1ccccc1. The maximum Gasteiger partial charge on any atom is 0.324 e. The highest BCUT2D eigenvalue weighted by atomic mass is 79.9. The van der Waals surface area contributed by atoms with Crippen LogP contribution in [0.15, 0.2) is 53.6 Å². The van der Waals surface area contributed by atoms with Crippen molar-refractivity contribution in [3.63, 3.8) is 0 Å². The Bertz CT molecular complexity index is 785. The number of nitrogens with zero attached hydrogens (tertiary/aromatic N) is 1. The van der Waals surface area contributed by atoms with Crippen LogP contribution >= 0.6 is 63.1 Å². The highest BCUT2D eigenvalue weighted by molar-refractivity contribution is 9.10.